The van der Waals surface area contributed by atoms with Crippen LogP contribution in [0.1, 0.15) is 11.8 Å². The number of alkyl halides is 3. The Balaban J connectivity index is 3.02. The molecule has 0 saturated carbocycles. The Morgan fingerprint density at radius 1 is 1.46 bits per heavy atom. The van der Waals surface area contributed by atoms with Gasteiger partial charge in [0.15, 0.2) is 6.10 Å². The third-order valence-corrected chi connectivity index (χ3v) is 2.03. The standard InChI is InChI=1S/C7H5BrF3NO/c8-4-2-1-3-12-5(4)6(13)7(9,10)11/h1-3,6,13H/t6-/m0/s1. The number of hydrogen-bond acceptors (Lipinski definition) is 2. The summed E-state index contributed by atoms with van der Waals surface area (Å²) in [5, 5.41) is 8.82. The lowest BCUT2D eigenvalue weighted by Gasteiger charge is -2.14. The Bertz CT molecular complexity index is 302. The molecule has 0 fully saturated rings. The van der Waals surface area contributed by atoms with Crippen LogP contribution >= 0.6 is 15.9 Å². The number of aromatic nitrogens is 1. The summed E-state index contributed by atoms with van der Waals surface area (Å²) in [4.78, 5) is 3.43. The van der Waals surface area contributed by atoms with E-state index < -0.39 is 18.0 Å². The first-order valence-electron chi connectivity index (χ1n) is 3.28. The monoisotopic (exact) mass is 255 g/mol. The second-order valence-corrected chi connectivity index (χ2v) is 3.17. The molecule has 0 aliphatic rings. The van der Waals surface area contributed by atoms with Crippen LogP contribution in [-0.4, -0.2) is 16.3 Å². The van der Waals surface area contributed by atoms with E-state index in [-0.39, 0.29) is 4.47 Å². The number of halogens is 4. The fraction of sp³-hybridized carbons (Fsp3) is 0.286. The van der Waals surface area contributed by atoms with Crippen molar-refractivity contribution in [2.24, 2.45) is 0 Å². The minimum absolute atomic E-state index is 0.139. The van der Waals surface area contributed by atoms with Gasteiger partial charge >= 0.3 is 6.18 Å². The summed E-state index contributed by atoms with van der Waals surface area (Å²) in [7, 11) is 0. The summed E-state index contributed by atoms with van der Waals surface area (Å²) in [6.45, 7) is 0. The average molecular weight is 256 g/mol. The summed E-state index contributed by atoms with van der Waals surface area (Å²) < 4.78 is 36.2. The van der Waals surface area contributed by atoms with Crippen LogP contribution in [0.4, 0.5) is 13.2 Å². The van der Waals surface area contributed by atoms with Gasteiger partial charge in [0, 0.05) is 10.7 Å². The van der Waals surface area contributed by atoms with Crippen LogP contribution in [-0.2, 0) is 0 Å². The number of hydrogen-bond donors (Lipinski definition) is 1. The van der Waals surface area contributed by atoms with E-state index in [1.165, 1.54) is 18.3 Å². The Morgan fingerprint density at radius 2 is 2.08 bits per heavy atom. The molecule has 0 aliphatic heterocycles. The molecule has 0 amide bonds. The van der Waals surface area contributed by atoms with E-state index in [0.717, 1.165) is 0 Å². The Labute approximate surface area is 80.5 Å². The fourth-order valence-electron chi connectivity index (χ4n) is 0.754. The van der Waals surface area contributed by atoms with Crippen LogP contribution in [0.25, 0.3) is 0 Å². The quantitative estimate of drug-likeness (QED) is 0.837. The van der Waals surface area contributed by atoms with Crippen molar-refractivity contribution in [3.05, 3.63) is 28.5 Å². The zero-order valence-electron chi connectivity index (χ0n) is 6.22. The van der Waals surface area contributed by atoms with Gasteiger partial charge in [0.05, 0.1) is 5.69 Å². The number of pyridine rings is 1. The maximum Gasteiger partial charge on any atom is 0.420 e. The van der Waals surface area contributed by atoms with Gasteiger partial charge in [0.25, 0.3) is 0 Å². The summed E-state index contributed by atoms with van der Waals surface area (Å²) in [6.07, 6.45) is -6.03. The smallest absolute Gasteiger partial charge is 0.378 e. The third kappa shape index (κ3) is 2.41. The highest BCUT2D eigenvalue weighted by Crippen LogP contribution is 2.34. The van der Waals surface area contributed by atoms with E-state index in [4.69, 9.17) is 5.11 Å². The van der Waals surface area contributed by atoms with Crippen LogP contribution in [0.5, 0.6) is 0 Å². The predicted molar refractivity (Wildman–Crippen MR) is 43.0 cm³/mol. The van der Waals surface area contributed by atoms with E-state index in [2.05, 4.69) is 20.9 Å². The van der Waals surface area contributed by atoms with E-state index in [1.807, 2.05) is 0 Å². The molecule has 0 aliphatic carbocycles. The molecule has 0 spiro atoms. The molecule has 0 saturated heterocycles. The van der Waals surface area contributed by atoms with Crippen molar-refractivity contribution >= 4 is 15.9 Å². The summed E-state index contributed by atoms with van der Waals surface area (Å²) >= 11 is 2.87. The fourth-order valence-corrected chi connectivity index (χ4v) is 1.23. The van der Waals surface area contributed by atoms with Gasteiger partial charge in [-0.15, -0.1) is 0 Å². The molecule has 2 nitrogen and oxygen atoms in total. The molecule has 1 aromatic heterocycles. The van der Waals surface area contributed by atoms with E-state index >= 15 is 0 Å². The minimum Gasteiger partial charge on any atom is -0.378 e. The molecule has 0 aromatic carbocycles. The molecule has 72 valence electrons. The van der Waals surface area contributed by atoms with Gasteiger partial charge in [0.1, 0.15) is 0 Å². The lowest BCUT2D eigenvalue weighted by atomic mass is 10.2. The normalized spacial score (nSPS) is 14.2. The average Bonchev–Trinajstić information content (AvgIpc) is 2.02. The van der Waals surface area contributed by atoms with E-state index in [9.17, 15) is 13.2 Å². The van der Waals surface area contributed by atoms with Crippen LogP contribution in [0.3, 0.4) is 0 Å². The minimum atomic E-state index is -4.68. The molecule has 13 heavy (non-hydrogen) atoms. The molecular formula is C7H5BrF3NO. The Hall–Kier alpha value is -0.620. The van der Waals surface area contributed by atoms with Gasteiger partial charge in [-0.1, -0.05) is 0 Å². The molecule has 1 N–H and O–H groups in total. The molecule has 0 bridgehead atoms. The number of rotatable bonds is 1. The molecule has 6 heteroatoms. The van der Waals surface area contributed by atoms with Crippen molar-refractivity contribution in [1.29, 1.82) is 0 Å². The summed E-state index contributed by atoms with van der Waals surface area (Å²) in [5.41, 5.74) is -0.421. The third-order valence-electron chi connectivity index (χ3n) is 1.36. The number of nitrogens with zero attached hydrogens (tertiary/aromatic N) is 1. The van der Waals surface area contributed by atoms with Gasteiger partial charge in [-0.25, -0.2) is 0 Å². The van der Waals surface area contributed by atoms with Crippen LogP contribution in [0.2, 0.25) is 0 Å². The lowest BCUT2D eigenvalue weighted by molar-refractivity contribution is -0.208. The Kier molecular flexibility index (Phi) is 2.92. The van der Waals surface area contributed by atoms with Crippen LogP contribution in [0.15, 0.2) is 22.8 Å². The maximum absolute atomic E-state index is 12.0. The zero-order chi connectivity index (χ0) is 10.1. The van der Waals surface area contributed by atoms with Crippen molar-refractivity contribution < 1.29 is 18.3 Å². The van der Waals surface area contributed by atoms with Crippen LogP contribution < -0.4 is 0 Å². The second-order valence-electron chi connectivity index (χ2n) is 2.31. The van der Waals surface area contributed by atoms with Crippen molar-refractivity contribution in [2.45, 2.75) is 12.3 Å². The highest BCUT2D eigenvalue weighted by Gasteiger charge is 2.41. The molecule has 1 aromatic rings. The molecule has 0 unspecified atom stereocenters. The van der Waals surface area contributed by atoms with E-state index in [1.54, 1.807) is 0 Å². The molecule has 1 rings (SSSR count). The number of aliphatic hydroxyl groups excluding tert-OH is 1. The molecular weight excluding hydrogens is 251 g/mol. The van der Waals surface area contributed by atoms with Gasteiger partial charge in [-0.3, -0.25) is 4.98 Å². The summed E-state index contributed by atoms with van der Waals surface area (Å²) in [6, 6.07) is 2.86. The maximum atomic E-state index is 12.0. The molecule has 1 atom stereocenters. The number of aliphatic hydroxyl groups is 1. The second kappa shape index (κ2) is 3.63. The van der Waals surface area contributed by atoms with Crippen molar-refractivity contribution in [1.82, 2.24) is 4.98 Å². The van der Waals surface area contributed by atoms with Crippen molar-refractivity contribution in [2.75, 3.05) is 0 Å². The van der Waals surface area contributed by atoms with Crippen LogP contribution in [0, 0.1) is 0 Å². The van der Waals surface area contributed by atoms with E-state index in [0.29, 0.717) is 0 Å². The van der Waals surface area contributed by atoms with Crippen molar-refractivity contribution in [3.8, 4) is 0 Å². The summed E-state index contributed by atoms with van der Waals surface area (Å²) in [5.74, 6) is 0. The highest BCUT2D eigenvalue weighted by molar-refractivity contribution is 9.10. The zero-order valence-corrected chi connectivity index (χ0v) is 7.80. The van der Waals surface area contributed by atoms with Gasteiger partial charge in [-0.2, -0.15) is 13.2 Å². The highest BCUT2D eigenvalue weighted by atomic mass is 79.9. The van der Waals surface area contributed by atoms with Gasteiger partial charge in [-0.05, 0) is 28.1 Å². The first-order chi connectivity index (χ1) is 5.93. The first-order valence-corrected chi connectivity index (χ1v) is 4.07. The lowest BCUT2D eigenvalue weighted by Crippen LogP contribution is -2.21. The van der Waals surface area contributed by atoms with Gasteiger partial charge in [0.2, 0.25) is 0 Å². The largest absolute Gasteiger partial charge is 0.420 e. The molecule has 0 radical (unpaired) electrons. The topological polar surface area (TPSA) is 33.1 Å². The SMILES string of the molecule is O[C@@H](c1ncccc1Br)C(F)(F)F. The predicted octanol–water partition coefficient (Wildman–Crippen LogP) is 2.44. The van der Waals surface area contributed by atoms with Crippen molar-refractivity contribution in [3.63, 3.8) is 0 Å². The van der Waals surface area contributed by atoms with Gasteiger partial charge < -0.3 is 5.11 Å². The first kappa shape index (κ1) is 10.5. The Morgan fingerprint density at radius 3 is 2.54 bits per heavy atom. The molecule has 1 heterocycles.